The van der Waals surface area contributed by atoms with E-state index in [0.717, 1.165) is 17.5 Å². The Hall–Kier alpha value is -1.26. The van der Waals surface area contributed by atoms with Crippen LogP contribution < -0.4 is 0 Å². The van der Waals surface area contributed by atoms with Crippen molar-refractivity contribution in [2.75, 3.05) is 0 Å². The van der Waals surface area contributed by atoms with Crippen LogP contribution in [-0.4, -0.2) is 20.6 Å². The van der Waals surface area contributed by atoms with Crippen molar-refractivity contribution in [1.29, 1.82) is 0 Å². The molecule has 27 heavy (non-hydrogen) atoms. The fraction of sp³-hybridized carbons (Fsp3) is 0.300. The molecule has 0 saturated carbocycles. The van der Waals surface area contributed by atoms with Crippen molar-refractivity contribution in [1.82, 2.24) is 0 Å². The average Bonchev–Trinajstić information content (AvgIpc) is 2.60. The second-order valence-electron chi connectivity index (χ2n) is 4.97. The summed E-state index contributed by atoms with van der Waals surface area (Å²) in [6.45, 7) is 0. The third-order valence-electron chi connectivity index (χ3n) is 2.92. The van der Waals surface area contributed by atoms with E-state index in [1.807, 2.05) is 60.7 Å². The first-order chi connectivity index (χ1) is 12.3. The molecule has 150 valence electrons. The molecule has 1 N–H and O–H groups in total. The maximum atomic E-state index is 10.4. The van der Waals surface area contributed by atoms with Crippen molar-refractivity contribution in [2.24, 2.45) is 0 Å². The van der Waals surface area contributed by atoms with E-state index >= 15 is 0 Å². The number of benzene rings is 2. The molecule has 2 aromatic carbocycles. The number of carbonyl (C=O) groups excluding carboxylic acids is 1. The van der Waals surface area contributed by atoms with E-state index < -0.39 is 10.3 Å². The lowest BCUT2D eigenvalue weighted by Crippen LogP contribution is -1.96. The van der Waals surface area contributed by atoms with Gasteiger partial charge < -0.3 is 5.11 Å². The molecule has 2 aromatic rings. The highest BCUT2D eigenvalue weighted by atomic mass is 35.6. The predicted octanol–water partition coefficient (Wildman–Crippen LogP) is 6.71. The third-order valence-corrected chi connectivity index (χ3v) is 3.11. The number of hydrogen-bond acceptors (Lipinski definition) is 2. The summed E-state index contributed by atoms with van der Waals surface area (Å²) in [7, 11) is 0. The number of hydrogen-bond donors (Lipinski definition) is 1. The van der Waals surface area contributed by atoms with Crippen LogP contribution in [0.25, 0.3) is 0 Å². The van der Waals surface area contributed by atoms with Crippen LogP contribution in [0.15, 0.2) is 60.7 Å². The summed E-state index contributed by atoms with van der Waals surface area (Å²) in [4.78, 5) is 20.6. The van der Waals surface area contributed by atoms with Crippen LogP contribution in [0.4, 0.5) is 0 Å². The van der Waals surface area contributed by atoms with Crippen molar-refractivity contribution in [3.8, 4) is 0 Å². The van der Waals surface area contributed by atoms with Gasteiger partial charge in [-0.05, 0) is 35.6 Å². The molecule has 0 spiro atoms. The molecule has 0 aliphatic carbocycles. The van der Waals surface area contributed by atoms with E-state index in [2.05, 4.69) is 0 Å². The Bertz CT molecular complexity index is 563. The quantitative estimate of drug-likeness (QED) is 0.390. The molecule has 0 aromatic heterocycles. The van der Waals surface area contributed by atoms with Gasteiger partial charge in [0.2, 0.25) is 5.24 Å². The minimum atomic E-state index is -0.750. The summed E-state index contributed by atoms with van der Waals surface area (Å²) >= 11 is 19.6. The van der Waals surface area contributed by atoms with E-state index in [9.17, 15) is 9.59 Å². The first-order valence-corrected chi connectivity index (χ1v) is 9.40. The second kappa shape index (κ2) is 18.1. The highest BCUT2D eigenvalue weighted by Crippen LogP contribution is 2.04. The van der Waals surface area contributed by atoms with Crippen molar-refractivity contribution < 1.29 is 14.7 Å². The summed E-state index contributed by atoms with van der Waals surface area (Å²) in [5.41, 5.74) is 2.23. The molecule has 0 atom stereocenters. The van der Waals surface area contributed by atoms with Gasteiger partial charge in [0.05, 0.1) is 0 Å². The molecule has 0 amide bonds. The Kier molecular flexibility index (Phi) is 18.8. The first-order valence-electron chi connectivity index (χ1n) is 7.71. The number of halogens is 4. The van der Waals surface area contributed by atoms with Crippen molar-refractivity contribution in [3.05, 3.63) is 71.8 Å². The van der Waals surface area contributed by atoms with Gasteiger partial charge in [-0.15, -0.1) is 0 Å². The number of carboxylic acids is 1. The van der Waals surface area contributed by atoms with Gasteiger partial charge in [-0.1, -0.05) is 103 Å². The molecule has 3 nitrogen and oxygen atoms in total. The van der Waals surface area contributed by atoms with Crippen LogP contribution in [0, 0.1) is 0 Å². The molecule has 7 heteroatoms. The van der Waals surface area contributed by atoms with Crippen LogP contribution in [0.1, 0.15) is 31.4 Å². The third kappa shape index (κ3) is 20.9. The Morgan fingerprint density at radius 2 is 1.11 bits per heavy atom. The lowest BCUT2D eigenvalue weighted by atomic mass is 10.1. The van der Waals surface area contributed by atoms with Gasteiger partial charge in [-0.3, -0.25) is 9.59 Å². The normalized spacial score (nSPS) is 9.07. The van der Waals surface area contributed by atoms with E-state index in [1.54, 1.807) is 0 Å². The van der Waals surface area contributed by atoms with Crippen molar-refractivity contribution >= 4 is 57.6 Å². The molecule has 0 saturated heterocycles. The Labute approximate surface area is 181 Å². The van der Waals surface area contributed by atoms with E-state index in [1.165, 1.54) is 0 Å². The number of rotatable bonds is 6. The zero-order valence-electron chi connectivity index (χ0n) is 14.0. The Morgan fingerprint density at radius 1 is 0.778 bits per heavy atom. The lowest BCUT2D eigenvalue weighted by Gasteiger charge is -1.95. The fourth-order valence-electron chi connectivity index (χ4n) is 1.78. The van der Waals surface area contributed by atoms with Crippen molar-refractivity contribution in [3.63, 3.8) is 0 Å². The SMILES string of the molecule is C.ClC(Cl)Cl.O=C(Cl)CCc1ccccc1.O=C(O)CCc1ccccc1. The number of aryl methyl sites for hydroxylation is 2. The van der Waals surface area contributed by atoms with Crippen molar-refractivity contribution in [2.45, 2.75) is 37.4 Å². The van der Waals surface area contributed by atoms with Gasteiger partial charge in [0.25, 0.3) is 0 Å². The molecule has 0 fully saturated rings. The topological polar surface area (TPSA) is 54.4 Å². The standard InChI is InChI=1S/C9H9ClO.C9H10O2.CHCl3.CH4/c2*10-9(11)7-6-8-4-2-1-3-5-8;2-1(3)4;/h1-5H,6-7H2;1-5H,6-7H2,(H,10,11);1H;1H4. The van der Waals surface area contributed by atoms with Gasteiger partial charge in [0.15, 0.2) is 4.30 Å². The number of alkyl halides is 3. The lowest BCUT2D eigenvalue weighted by molar-refractivity contribution is -0.137. The van der Waals surface area contributed by atoms with Crippen LogP contribution >= 0.6 is 46.4 Å². The molecule has 0 radical (unpaired) electrons. The Balaban J connectivity index is 0. The highest BCUT2D eigenvalue weighted by Gasteiger charge is 1.97. The van der Waals surface area contributed by atoms with Crippen LogP contribution in [0.2, 0.25) is 0 Å². The molecule has 0 bridgehead atoms. The minimum absolute atomic E-state index is 0. The fourth-order valence-corrected chi connectivity index (χ4v) is 1.88. The van der Waals surface area contributed by atoms with E-state index in [-0.39, 0.29) is 19.1 Å². The molecule has 0 unspecified atom stereocenters. The Morgan fingerprint density at radius 3 is 1.41 bits per heavy atom. The zero-order valence-corrected chi connectivity index (χ0v) is 17.0. The number of aliphatic carboxylic acids is 1. The van der Waals surface area contributed by atoms with Gasteiger partial charge in [0, 0.05) is 12.8 Å². The van der Waals surface area contributed by atoms with Gasteiger partial charge in [0.1, 0.15) is 0 Å². The zero-order chi connectivity index (χ0) is 19.8. The predicted molar refractivity (Wildman–Crippen MR) is 116 cm³/mol. The maximum absolute atomic E-state index is 10.4. The summed E-state index contributed by atoms with van der Waals surface area (Å²) in [5, 5.41) is 8.11. The smallest absolute Gasteiger partial charge is 0.303 e. The molecule has 0 aliphatic rings. The summed E-state index contributed by atoms with van der Waals surface area (Å²) in [5.74, 6) is -0.742. The number of carbonyl (C=O) groups is 2. The van der Waals surface area contributed by atoms with Crippen LogP contribution in [0.5, 0.6) is 0 Å². The molecular weight excluding hydrogens is 430 g/mol. The largest absolute Gasteiger partial charge is 0.481 e. The number of carboxylic acid groups (broad SMARTS) is 1. The summed E-state index contributed by atoms with van der Waals surface area (Å²) < 4.78 is -0.750. The van der Waals surface area contributed by atoms with E-state index in [0.29, 0.717) is 12.8 Å². The van der Waals surface area contributed by atoms with Crippen LogP contribution in [-0.2, 0) is 22.4 Å². The molecule has 0 aliphatic heterocycles. The molecular formula is C20H24Cl4O3. The summed E-state index contributed by atoms with van der Waals surface area (Å²) in [6.07, 6.45) is 1.99. The van der Waals surface area contributed by atoms with Gasteiger partial charge >= 0.3 is 5.97 Å². The monoisotopic (exact) mass is 452 g/mol. The first kappa shape index (κ1) is 28.0. The minimum Gasteiger partial charge on any atom is -0.481 e. The maximum Gasteiger partial charge on any atom is 0.303 e. The van der Waals surface area contributed by atoms with Gasteiger partial charge in [-0.25, -0.2) is 0 Å². The van der Waals surface area contributed by atoms with Gasteiger partial charge in [-0.2, -0.15) is 0 Å². The second-order valence-corrected chi connectivity index (χ2v) is 7.37. The van der Waals surface area contributed by atoms with E-state index in [4.69, 9.17) is 51.5 Å². The molecule has 0 heterocycles. The average molecular weight is 454 g/mol. The van der Waals surface area contributed by atoms with Crippen LogP contribution in [0.3, 0.4) is 0 Å². The molecule has 2 rings (SSSR count). The summed E-state index contributed by atoms with van der Waals surface area (Å²) in [6, 6.07) is 19.4. The highest BCUT2D eigenvalue weighted by molar-refractivity contribution is 6.63.